The number of nitrogens with one attached hydrogen (secondary N) is 1. The number of carbonyl (C=O) groups is 1. The van der Waals surface area contributed by atoms with E-state index in [0.717, 1.165) is 39.0 Å². The van der Waals surface area contributed by atoms with E-state index in [4.69, 9.17) is 4.74 Å². The van der Waals surface area contributed by atoms with Crippen LogP contribution in [0.1, 0.15) is 25.3 Å². The summed E-state index contributed by atoms with van der Waals surface area (Å²) in [5.74, 6) is 0.664. The summed E-state index contributed by atoms with van der Waals surface area (Å²) in [6.45, 7) is 7.36. The first-order chi connectivity index (χ1) is 12.5. The average Bonchev–Trinajstić information content (AvgIpc) is 2.96. The van der Waals surface area contributed by atoms with Gasteiger partial charge >= 0.3 is 0 Å². The van der Waals surface area contributed by atoms with E-state index in [9.17, 15) is 4.79 Å². The van der Waals surface area contributed by atoms with Crippen LogP contribution >= 0.6 is 0 Å². The van der Waals surface area contributed by atoms with Crippen LogP contribution in [0.2, 0.25) is 0 Å². The molecule has 0 saturated carbocycles. The Hall–Kier alpha value is -1.43. The van der Waals surface area contributed by atoms with Gasteiger partial charge in [-0.05, 0) is 32.5 Å². The normalized spacial score (nSPS) is 26.2. The maximum Gasteiger partial charge on any atom is 0.226 e. The lowest BCUT2D eigenvalue weighted by atomic mass is 9.81. The van der Waals surface area contributed by atoms with Gasteiger partial charge in [0.2, 0.25) is 5.91 Å². The molecule has 0 aromatic heterocycles. The molecule has 2 fully saturated rings. The molecule has 0 bridgehead atoms. The summed E-state index contributed by atoms with van der Waals surface area (Å²) < 4.78 is 5.45. The molecule has 2 heterocycles. The fourth-order valence-corrected chi connectivity index (χ4v) is 4.14. The van der Waals surface area contributed by atoms with Crippen molar-refractivity contribution in [2.75, 3.05) is 46.9 Å². The molecule has 144 valence electrons. The summed E-state index contributed by atoms with van der Waals surface area (Å²) in [6.07, 6.45) is 1.63. The number of amides is 1. The van der Waals surface area contributed by atoms with E-state index >= 15 is 0 Å². The van der Waals surface area contributed by atoms with Gasteiger partial charge in [0.1, 0.15) is 0 Å². The summed E-state index contributed by atoms with van der Waals surface area (Å²) in [6, 6.07) is 10.8. The topological polar surface area (TPSA) is 44.8 Å². The first kappa shape index (κ1) is 19.3. The zero-order chi connectivity index (χ0) is 18.6. The van der Waals surface area contributed by atoms with Crippen LogP contribution in [0.25, 0.3) is 0 Å². The van der Waals surface area contributed by atoms with Crippen LogP contribution in [0.4, 0.5) is 0 Å². The van der Waals surface area contributed by atoms with Crippen molar-refractivity contribution in [3.8, 4) is 0 Å². The molecule has 2 aliphatic rings. The van der Waals surface area contributed by atoms with Crippen LogP contribution in [0.5, 0.6) is 0 Å². The average molecular weight is 360 g/mol. The lowest BCUT2D eigenvalue weighted by Crippen LogP contribution is -2.50. The number of ether oxygens (including phenoxy) is 1. The molecule has 2 atom stereocenters. The number of hydrogen-bond acceptors (Lipinski definition) is 4. The quantitative estimate of drug-likeness (QED) is 0.844. The van der Waals surface area contributed by atoms with Crippen LogP contribution in [0, 0.1) is 11.3 Å². The SMILES string of the molecule is CN(C)C[C@@H]1CN(Cc2ccccc2)C[C@H]1NC(=O)C1(C)CCOCC1. The highest BCUT2D eigenvalue weighted by atomic mass is 16.5. The maximum absolute atomic E-state index is 13.0. The van der Waals surface area contributed by atoms with Gasteiger partial charge in [-0.2, -0.15) is 0 Å². The minimum absolute atomic E-state index is 0.205. The summed E-state index contributed by atoms with van der Waals surface area (Å²) in [5.41, 5.74) is 1.05. The van der Waals surface area contributed by atoms with E-state index in [1.54, 1.807) is 0 Å². The number of benzene rings is 1. The number of nitrogens with zero attached hydrogens (tertiary/aromatic N) is 2. The van der Waals surface area contributed by atoms with Crippen molar-refractivity contribution >= 4 is 5.91 Å². The van der Waals surface area contributed by atoms with Gasteiger partial charge in [0.15, 0.2) is 0 Å². The van der Waals surface area contributed by atoms with E-state index in [1.807, 2.05) is 0 Å². The third-order valence-corrected chi connectivity index (χ3v) is 5.83. The Morgan fingerprint density at radius 1 is 1.23 bits per heavy atom. The molecule has 0 aliphatic carbocycles. The van der Waals surface area contributed by atoms with Gasteiger partial charge in [0.25, 0.3) is 0 Å². The second-order valence-corrected chi connectivity index (χ2v) is 8.45. The first-order valence-electron chi connectivity index (χ1n) is 9.76. The van der Waals surface area contributed by atoms with Crippen molar-refractivity contribution in [3.63, 3.8) is 0 Å². The molecule has 5 heteroatoms. The highest BCUT2D eigenvalue weighted by molar-refractivity contribution is 5.82. The Labute approximate surface area is 157 Å². The lowest BCUT2D eigenvalue weighted by molar-refractivity contribution is -0.136. The second kappa shape index (κ2) is 8.51. The molecule has 2 aliphatic heterocycles. The van der Waals surface area contributed by atoms with Gasteiger partial charge in [-0.15, -0.1) is 0 Å². The van der Waals surface area contributed by atoms with E-state index in [2.05, 4.69) is 66.5 Å². The predicted octanol–water partition coefficient (Wildman–Crippen LogP) is 1.98. The third-order valence-electron chi connectivity index (χ3n) is 5.83. The lowest BCUT2D eigenvalue weighted by Gasteiger charge is -2.34. The van der Waals surface area contributed by atoms with Crippen molar-refractivity contribution in [2.45, 2.75) is 32.4 Å². The molecule has 1 aromatic carbocycles. The van der Waals surface area contributed by atoms with Crippen molar-refractivity contribution in [1.82, 2.24) is 15.1 Å². The number of rotatable bonds is 6. The summed E-state index contributed by atoms with van der Waals surface area (Å²) in [4.78, 5) is 17.7. The number of likely N-dealkylation sites (tertiary alicyclic amines) is 1. The summed E-state index contributed by atoms with van der Waals surface area (Å²) in [5, 5.41) is 3.40. The third kappa shape index (κ3) is 4.84. The highest BCUT2D eigenvalue weighted by Crippen LogP contribution is 2.31. The number of carbonyl (C=O) groups excluding carboxylic acids is 1. The van der Waals surface area contributed by atoms with Crippen molar-refractivity contribution in [2.24, 2.45) is 11.3 Å². The molecule has 1 aromatic rings. The Bertz CT molecular complexity index is 584. The van der Waals surface area contributed by atoms with Gasteiger partial charge in [0.05, 0.1) is 5.41 Å². The Morgan fingerprint density at radius 3 is 2.58 bits per heavy atom. The van der Waals surface area contributed by atoms with E-state index in [1.165, 1.54) is 5.56 Å². The molecule has 1 N–H and O–H groups in total. The van der Waals surface area contributed by atoms with Crippen LogP contribution < -0.4 is 5.32 Å². The molecule has 0 spiro atoms. The van der Waals surface area contributed by atoms with E-state index in [0.29, 0.717) is 19.1 Å². The largest absolute Gasteiger partial charge is 0.381 e. The highest BCUT2D eigenvalue weighted by Gasteiger charge is 2.40. The molecule has 1 amide bonds. The molecule has 5 nitrogen and oxygen atoms in total. The minimum Gasteiger partial charge on any atom is -0.381 e. The van der Waals surface area contributed by atoms with Crippen LogP contribution in [0.15, 0.2) is 30.3 Å². The van der Waals surface area contributed by atoms with E-state index in [-0.39, 0.29) is 17.4 Å². The predicted molar refractivity (Wildman–Crippen MR) is 104 cm³/mol. The molecule has 26 heavy (non-hydrogen) atoms. The summed E-state index contributed by atoms with van der Waals surface area (Å²) >= 11 is 0. The monoisotopic (exact) mass is 359 g/mol. The van der Waals surface area contributed by atoms with Gasteiger partial charge in [-0.3, -0.25) is 9.69 Å². The standard InChI is InChI=1S/C21H33N3O2/c1-21(9-11-26-12-10-21)20(25)22-19-16-24(15-18(19)14-23(2)3)13-17-7-5-4-6-8-17/h4-8,18-19H,9-16H2,1-3H3,(H,22,25)/t18-,19-/m1/s1. The number of hydrogen-bond donors (Lipinski definition) is 1. The molecule has 3 rings (SSSR count). The fraction of sp³-hybridized carbons (Fsp3) is 0.667. The zero-order valence-electron chi connectivity index (χ0n) is 16.4. The fourth-order valence-electron chi connectivity index (χ4n) is 4.14. The van der Waals surface area contributed by atoms with Gasteiger partial charge in [-0.1, -0.05) is 37.3 Å². The van der Waals surface area contributed by atoms with Crippen LogP contribution in [-0.4, -0.2) is 68.7 Å². The molecular formula is C21H33N3O2. The Morgan fingerprint density at radius 2 is 1.92 bits per heavy atom. The molecule has 0 radical (unpaired) electrons. The van der Waals surface area contributed by atoms with Crippen LogP contribution in [-0.2, 0) is 16.1 Å². The molecule has 2 saturated heterocycles. The Balaban J connectivity index is 1.64. The van der Waals surface area contributed by atoms with Crippen LogP contribution in [0.3, 0.4) is 0 Å². The second-order valence-electron chi connectivity index (χ2n) is 8.45. The van der Waals surface area contributed by atoms with Crippen molar-refractivity contribution < 1.29 is 9.53 Å². The van der Waals surface area contributed by atoms with E-state index < -0.39 is 0 Å². The molecular weight excluding hydrogens is 326 g/mol. The molecule has 0 unspecified atom stereocenters. The first-order valence-corrected chi connectivity index (χ1v) is 9.76. The van der Waals surface area contributed by atoms with Gasteiger partial charge in [0, 0.05) is 51.4 Å². The summed E-state index contributed by atoms with van der Waals surface area (Å²) in [7, 11) is 4.22. The maximum atomic E-state index is 13.0. The minimum atomic E-state index is -0.284. The smallest absolute Gasteiger partial charge is 0.226 e. The Kier molecular flexibility index (Phi) is 6.33. The van der Waals surface area contributed by atoms with Crippen molar-refractivity contribution in [1.29, 1.82) is 0 Å². The van der Waals surface area contributed by atoms with Gasteiger partial charge in [-0.25, -0.2) is 0 Å². The zero-order valence-corrected chi connectivity index (χ0v) is 16.4. The van der Waals surface area contributed by atoms with Crippen molar-refractivity contribution in [3.05, 3.63) is 35.9 Å². The van der Waals surface area contributed by atoms with Gasteiger partial charge < -0.3 is 15.0 Å².